The molecule has 4 rings (SSSR count). The van der Waals surface area contributed by atoms with E-state index in [2.05, 4.69) is 9.98 Å². The zero-order chi connectivity index (χ0) is 29.6. The third-order valence-corrected chi connectivity index (χ3v) is 8.11. The lowest BCUT2D eigenvalue weighted by molar-refractivity contribution is 0.390. The van der Waals surface area contributed by atoms with Crippen LogP contribution >= 0.6 is 0 Å². The van der Waals surface area contributed by atoms with Gasteiger partial charge in [-0.1, -0.05) is 29.8 Å². The third-order valence-electron chi connectivity index (χ3n) is 6.36. The second kappa shape index (κ2) is 12.7. The highest BCUT2D eigenvalue weighted by atomic mass is 32.2. The highest BCUT2D eigenvalue weighted by Gasteiger charge is 2.20. The lowest BCUT2D eigenvalue weighted by Crippen LogP contribution is -2.07. The molecule has 212 valence electrons. The smallest absolute Gasteiger partial charge is 0.224 e. The Hall–Kier alpha value is -4.63. The molecule has 0 saturated heterocycles. The summed E-state index contributed by atoms with van der Waals surface area (Å²) in [6, 6.07) is 24.0. The van der Waals surface area contributed by atoms with E-state index in [1.807, 2.05) is 50.2 Å². The van der Waals surface area contributed by atoms with Crippen molar-refractivity contribution < 1.29 is 27.4 Å². The number of benzene rings is 4. The van der Waals surface area contributed by atoms with Crippen LogP contribution in [0.5, 0.6) is 11.5 Å². The number of nitrogens with zero attached hydrogens (tertiary/aromatic N) is 2. The van der Waals surface area contributed by atoms with E-state index in [0.717, 1.165) is 16.7 Å². The Morgan fingerprint density at radius 1 is 0.634 bits per heavy atom. The molecule has 0 aliphatic heterocycles. The Balaban J connectivity index is 1.71. The molecule has 8 nitrogen and oxygen atoms in total. The van der Waals surface area contributed by atoms with Gasteiger partial charge in [0.05, 0.1) is 55.2 Å². The zero-order valence-electron chi connectivity index (χ0n) is 23.8. The van der Waals surface area contributed by atoms with Crippen molar-refractivity contribution in [1.82, 2.24) is 0 Å². The predicted octanol–water partition coefficient (Wildman–Crippen LogP) is 6.60. The van der Waals surface area contributed by atoms with E-state index in [1.165, 1.54) is 38.5 Å². The number of rotatable bonds is 8. The number of ether oxygens (including phenoxy) is 4. The molecule has 0 unspecified atom stereocenters. The van der Waals surface area contributed by atoms with Crippen molar-refractivity contribution in [1.29, 1.82) is 0 Å². The van der Waals surface area contributed by atoms with Gasteiger partial charge in [0, 0.05) is 5.56 Å². The first kappa shape index (κ1) is 29.4. The van der Waals surface area contributed by atoms with Gasteiger partial charge in [0.15, 0.2) is 0 Å². The summed E-state index contributed by atoms with van der Waals surface area (Å²) >= 11 is 0. The molecule has 0 aliphatic carbocycles. The third kappa shape index (κ3) is 6.58. The van der Waals surface area contributed by atoms with Gasteiger partial charge in [-0.2, -0.15) is 0 Å². The van der Waals surface area contributed by atoms with Crippen molar-refractivity contribution in [3.05, 3.63) is 107 Å². The Morgan fingerprint density at radius 2 is 1.22 bits per heavy atom. The molecule has 0 spiro atoms. The molecule has 4 aromatic rings. The van der Waals surface area contributed by atoms with Gasteiger partial charge < -0.3 is 18.9 Å². The summed E-state index contributed by atoms with van der Waals surface area (Å²) in [7, 11) is 2.28. The maximum Gasteiger partial charge on any atom is 0.224 e. The second-order valence-electron chi connectivity index (χ2n) is 9.12. The molecule has 0 bridgehead atoms. The standard InChI is InChI=1S/C32H32N2O6S/c1-21-13-16-30(38-4)29(17-21)32(40-6)34-24-10-8-12-27(19-24)41(35,36)26-11-7-9-23(18-26)33-31(39-5)28-20-25(37-3)15-14-22(28)2/h7-20H,1-6H3. The van der Waals surface area contributed by atoms with E-state index < -0.39 is 9.84 Å². The fraction of sp³-hybridized carbons (Fsp3) is 0.188. The van der Waals surface area contributed by atoms with E-state index >= 15 is 0 Å². The molecule has 0 heterocycles. The molecule has 0 saturated carbocycles. The molecule has 0 N–H and O–H groups in total. The van der Waals surface area contributed by atoms with E-state index in [-0.39, 0.29) is 9.79 Å². The molecular weight excluding hydrogens is 540 g/mol. The van der Waals surface area contributed by atoms with Gasteiger partial charge in [-0.05, 0) is 80.1 Å². The van der Waals surface area contributed by atoms with Gasteiger partial charge in [0.1, 0.15) is 11.5 Å². The first-order chi connectivity index (χ1) is 19.7. The summed E-state index contributed by atoms with van der Waals surface area (Å²) in [6.07, 6.45) is 0. The van der Waals surface area contributed by atoms with Crippen LogP contribution in [0.25, 0.3) is 0 Å². The molecule has 41 heavy (non-hydrogen) atoms. The first-order valence-electron chi connectivity index (χ1n) is 12.7. The van der Waals surface area contributed by atoms with Crippen molar-refractivity contribution in [2.45, 2.75) is 23.6 Å². The average molecular weight is 573 g/mol. The monoisotopic (exact) mass is 572 g/mol. The minimum atomic E-state index is -3.90. The molecular formula is C32H32N2O6S. The fourth-order valence-corrected chi connectivity index (χ4v) is 5.53. The van der Waals surface area contributed by atoms with Crippen molar-refractivity contribution in [2.75, 3.05) is 28.4 Å². The summed E-state index contributed by atoms with van der Waals surface area (Å²) in [5.74, 6) is 1.89. The largest absolute Gasteiger partial charge is 0.497 e. The second-order valence-corrected chi connectivity index (χ2v) is 11.1. The van der Waals surface area contributed by atoms with Crippen LogP contribution in [0.1, 0.15) is 22.3 Å². The van der Waals surface area contributed by atoms with Gasteiger partial charge in [-0.3, -0.25) is 0 Å². The van der Waals surface area contributed by atoms with Crippen molar-refractivity contribution in [3.63, 3.8) is 0 Å². The number of sulfone groups is 1. The summed E-state index contributed by atoms with van der Waals surface area (Å²) in [6.45, 7) is 3.89. The van der Waals surface area contributed by atoms with Crippen LogP contribution in [0.15, 0.2) is 105 Å². The number of aliphatic imine (C=N–C) groups is 2. The highest BCUT2D eigenvalue weighted by Crippen LogP contribution is 2.29. The van der Waals surface area contributed by atoms with Gasteiger partial charge in [-0.25, -0.2) is 18.4 Å². The average Bonchev–Trinajstić information content (AvgIpc) is 2.99. The maximum atomic E-state index is 13.7. The van der Waals surface area contributed by atoms with Crippen LogP contribution < -0.4 is 9.47 Å². The Labute approximate surface area is 240 Å². The van der Waals surface area contributed by atoms with Crippen LogP contribution in [-0.2, 0) is 19.3 Å². The molecule has 0 aromatic heterocycles. The van der Waals surface area contributed by atoms with Crippen LogP contribution in [0.2, 0.25) is 0 Å². The fourth-order valence-electron chi connectivity index (χ4n) is 4.19. The zero-order valence-corrected chi connectivity index (χ0v) is 24.7. The van der Waals surface area contributed by atoms with Crippen LogP contribution in [-0.4, -0.2) is 48.7 Å². The van der Waals surface area contributed by atoms with Gasteiger partial charge in [0.25, 0.3) is 0 Å². The molecule has 0 atom stereocenters. The van der Waals surface area contributed by atoms with Crippen molar-refractivity contribution in [3.8, 4) is 11.5 Å². The van der Waals surface area contributed by atoms with Crippen LogP contribution in [0.4, 0.5) is 11.4 Å². The number of aryl methyl sites for hydroxylation is 2. The Bertz CT molecular complexity index is 1730. The topological polar surface area (TPSA) is 95.8 Å². The molecule has 0 amide bonds. The van der Waals surface area contributed by atoms with Crippen molar-refractivity contribution in [2.24, 2.45) is 9.98 Å². The molecule has 0 aliphatic rings. The van der Waals surface area contributed by atoms with Crippen LogP contribution in [0.3, 0.4) is 0 Å². The minimum Gasteiger partial charge on any atom is -0.497 e. The van der Waals surface area contributed by atoms with Crippen LogP contribution in [0, 0.1) is 13.8 Å². The Kier molecular flexibility index (Phi) is 9.09. The molecule has 4 aromatic carbocycles. The highest BCUT2D eigenvalue weighted by molar-refractivity contribution is 7.91. The van der Waals surface area contributed by atoms with Gasteiger partial charge in [-0.15, -0.1) is 0 Å². The first-order valence-corrected chi connectivity index (χ1v) is 14.2. The van der Waals surface area contributed by atoms with Gasteiger partial charge in [0.2, 0.25) is 21.6 Å². The quantitative estimate of drug-likeness (QED) is 0.174. The van der Waals surface area contributed by atoms with E-state index in [4.69, 9.17) is 18.9 Å². The summed E-state index contributed by atoms with van der Waals surface area (Å²) in [5.41, 5.74) is 4.18. The lowest BCUT2D eigenvalue weighted by Gasteiger charge is -2.12. The predicted molar refractivity (Wildman–Crippen MR) is 160 cm³/mol. The lowest BCUT2D eigenvalue weighted by atomic mass is 10.1. The van der Waals surface area contributed by atoms with E-state index in [1.54, 1.807) is 38.5 Å². The summed E-state index contributed by atoms with van der Waals surface area (Å²) in [4.78, 5) is 9.36. The summed E-state index contributed by atoms with van der Waals surface area (Å²) in [5, 5.41) is 0. The number of methoxy groups -OCH3 is 4. The number of hydrogen-bond donors (Lipinski definition) is 0. The van der Waals surface area contributed by atoms with E-state index in [0.29, 0.717) is 40.2 Å². The van der Waals surface area contributed by atoms with E-state index in [9.17, 15) is 8.42 Å². The summed E-state index contributed by atoms with van der Waals surface area (Å²) < 4.78 is 49.3. The molecule has 9 heteroatoms. The number of hydrogen-bond acceptors (Lipinski definition) is 8. The Morgan fingerprint density at radius 3 is 1.76 bits per heavy atom. The maximum absolute atomic E-state index is 13.7. The SMILES string of the molecule is COC(=Nc1cccc(S(=O)(=O)c2cccc(N=C(OC)c3cc(C)ccc3OC)c2)c1)c1cc(OC)ccc1C. The van der Waals surface area contributed by atoms with Gasteiger partial charge >= 0.3 is 0 Å². The van der Waals surface area contributed by atoms with Crippen molar-refractivity contribution >= 4 is 33.0 Å². The minimum absolute atomic E-state index is 0.0853. The molecule has 0 fully saturated rings. The normalized spacial score (nSPS) is 12.1. The molecule has 0 radical (unpaired) electrons.